The number of aromatic nitrogens is 1. The minimum absolute atomic E-state index is 0.0460. The molecule has 6 heteroatoms. The average Bonchev–Trinajstić information content (AvgIpc) is 2.57. The van der Waals surface area contributed by atoms with E-state index in [0.29, 0.717) is 22.5 Å². The molecule has 3 rings (SSSR count). The van der Waals surface area contributed by atoms with Crippen LogP contribution < -0.4 is 10.7 Å². The van der Waals surface area contributed by atoms with Crippen LogP contribution in [-0.4, -0.2) is 10.9 Å². The first-order valence-electron chi connectivity index (χ1n) is 7.34. The van der Waals surface area contributed by atoms with Crippen molar-refractivity contribution in [1.82, 2.24) is 10.3 Å². The van der Waals surface area contributed by atoms with Crippen molar-refractivity contribution in [3.8, 4) is 0 Å². The molecule has 0 atom stereocenters. The Labute approximate surface area is 157 Å². The lowest BCUT2D eigenvalue weighted by molar-refractivity contribution is -0.120. The van der Waals surface area contributed by atoms with Gasteiger partial charge in [-0.25, -0.2) is 0 Å². The summed E-state index contributed by atoms with van der Waals surface area (Å²) >= 11 is 8.01. The maximum Gasteiger partial charge on any atom is 0.224 e. The van der Waals surface area contributed by atoms with E-state index in [1.165, 1.54) is 0 Å². The Bertz CT molecular complexity index is 951. The lowest BCUT2D eigenvalue weighted by Gasteiger charge is -2.07. The van der Waals surface area contributed by atoms with Gasteiger partial charge in [0, 0.05) is 32.3 Å². The molecule has 24 heavy (non-hydrogen) atoms. The highest BCUT2D eigenvalue weighted by atomic mass is 127. The fourth-order valence-corrected chi connectivity index (χ4v) is 3.21. The number of halogens is 2. The minimum Gasteiger partial charge on any atom is -0.360 e. The number of carbonyl (C=O) groups excluding carboxylic acids is 1. The molecule has 0 radical (unpaired) electrons. The summed E-state index contributed by atoms with van der Waals surface area (Å²) in [5, 5.41) is 4.07. The van der Waals surface area contributed by atoms with Crippen LogP contribution in [0.5, 0.6) is 0 Å². The largest absolute Gasteiger partial charge is 0.360 e. The highest BCUT2D eigenvalue weighted by molar-refractivity contribution is 14.1. The lowest BCUT2D eigenvalue weighted by atomic mass is 10.1. The van der Waals surface area contributed by atoms with Gasteiger partial charge in [-0.05, 0) is 52.4 Å². The third-order valence-electron chi connectivity index (χ3n) is 3.69. The van der Waals surface area contributed by atoms with Crippen LogP contribution in [0.3, 0.4) is 0 Å². The quantitative estimate of drug-likeness (QED) is 0.594. The number of H-pyrrole nitrogens is 1. The predicted molar refractivity (Wildman–Crippen MR) is 104 cm³/mol. The third kappa shape index (κ3) is 3.79. The fraction of sp³-hybridized carbons (Fsp3) is 0.111. The zero-order valence-electron chi connectivity index (χ0n) is 12.6. The van der Waals surface area contributed by atoms with E-state index in [9.17, 15) is 9.59 Å². The van der Waals surface area contributed by atoms with E-state index in [2.05, 4.69) is 32.9 Å². The molecule has 0 aliphatic rings. The molecule has 2 N–H and O–H groups in total. The zero-order chi connectivity index (χ0) is 17.1. The molecule has 0 unspecified atom stereocenters. The number of amides is 1. The molecule has 0 saturated heterocycles. The van der Waals surface area contributed by atoms with Gasteiger partial charge in [-0.2, -0.15) is 0 Å². The number of benzene rings is 2. The number of fused-ring (bicyclic) bond motifs is 1. The molecule has 0 bridgehead atoms. The van der Waals surface area contributed by atoms with E-state index in [0.717, 1.165) is 14.7 Å². The summed E-state index contributed by atoms with van der Waals surface area (Å²) in [7, 11) is 0. The number of hydrogen-bond donors (Lipinski definition) is 2. The van der Waals surface area contributed by atoms with E-state index in [1.54, 1.807) is 24.4 Å². The van der Waals surface area contributed by atoms with Gasteiger partial charge in [0.15, 0.2) is 5.43 Å². The maximum atomic E-state index is 12.5. The van der Waals surface area contributed by atoms with Crippen molar-refractivity contribution >= 4 is 51.0 Å². The number of nitrogens with one attached hydrogen (secondary N) is 2. The Morgan fingerprint density at radius 1 is 1.17 bits per heavy atom. The molecule has 4 nitrogen and oxygen atoms in total. The highest BCUT2D eigenvalue weighted by Crippen LogP contribution is 2.16. The van der Waals surface area contributed by atoms with E-state index >= 15 is 0 Å². The second-order valence-corrected chi connectivity index (χ2v) is 6.98. The van der Waals surface area contributed by atoms with Crippen LogP contribution in [-0.2, 0) is 17.8 Å². The summed E-state index contributed by atoms with van der Waals surface area (Å²) < 4.78 is 0.973. The van der Waals surface area contributed by atoms with Crippen molar-refractivity contribution < 1.29 is 4.79 Å². The number of rotatable bonds is 4. The van der Waals surface area contributed by atoms with Gasteiger partial charge in [-0.15, -0.1) is 0 Å². The van der Waals surface area contributed by atoms with Crippen molar-refractivity contribution in [2.24, 2.45) is 0 Å². The lowest BCUT2D eigenvalue weighted by Crippen LogP contribution is -2.27. The van der Waals surface area contributed by atoms with Gasteiger partial charge >= 0.3 is 0 Å². The average molecular weight is 453 g/mol. The molecule has 1 heterocycles. The minimum atomic E-state index is -0.194. The molecule has 0 saturated carbocycles. The second-order valence-electron chi connectivity index (χ2n) is 5.39. The summed E-state index contributed by atoms with van der Waals surface area (Å²) in [6, 6.07) is 12.8. The van der Waals surface area contributed by atoms with Crippen LogP contribution >= 0.6 is 34.2 Å². The van der Waals surface area contributed by atoms with Gasteiger partial charge in [0.05, 0.1) is 11.9 Å². The molecular weight excluding hydrogens is 439 g/mol. The van der Waals surface area contributed by atoms with Gasteiger partial charge in [0.25, 0.3) is 0 Å². The smallest absolute Gasteiger partial charge is 0.224 e. The SMILES string of the molecule is O=C(Cc1c[nH]c2c(I)cccc2c1=O)NCc1ccc(Cl)cc1. The van der Waals surface area contributed by atoms with Crippen molar-refractivity contribution in [2.75, 3.05) is 0 Å². The molecule has 1 amide bonds. The van der Waals surface area contributed by atoms with Gasteiger partial charge in [0.2, 0.25) is 5.91 Å². The molecule has 0 spiro atoms. The Morgan fingerprint density at radius 3 is 2.67 bits per heavy atom. The van der Waals surface area contributed by atoms with E-state index in [4.69, 9.17) is 11.6 Å². The summed E-state index contributed by atoms with van der Waals surface area (Å²) in [6.07, 6.45) is 1.67. The predicted octanol–water partition coefficient (Wildman–Crippen LogP) is 3.65. The number of pyridine rings is 1. The number of para-hydroxylation sites is 1. The number of aromatic amines is 1. The Kier molecular flexibility index (Phi) is 5.20. The summed E-state index contributed by atoms with van der Waals surface area (Å²) in [5.74, 6) is -0.194. The zero-order valence-corrected chi connectivity index (χ0v) is 15.5. The van der Waals surface area contributed by atoms with Crippen molar-refractivity contribution in [2.45, 2.75) is 13.0 Å². The van der Waals surface area contributed by atoms with Crippen LogP contribution in [0.1, 0.15) is 11.1 Å². The molecule has 2 aromatic carbocycles. The van der Waals surface area contributed by atoms with E-state index < -0.39 is 0 Å². The van der Waals surface area contributed by atoms with Crippen molar-refractivity contribution in [3.05, 3.63) is 78.6 Å². The number of hydrogen-bond acceptors (Lipinski definition) is 2. The first-order valence-corrected chi connectivity index (χ1v) is 8.80. The van der Waals surface area contributed by atoms with Crippen LogP contribution in [0.2, 0.25) is 5.02 Å². The standard InChI is InChI=1S/C18H14ClIN2O2/c19-13-6-4-11(5-7-13)9-21-16(23)8-12-10-22-17-14(18(12)24)2-1-3-15(17)20/h1-7,10H,8-9H2,(H,21,23)(H,22,24). The molecular formula is C18H14ClIN2O2. The van der Waals surface area contributed by atoms with Crippen LogP contribution in [0.25, 0.3) is 10.9 Å². The topological polar surface area (TPSA) is 62.0 Å². The monoisotopic (exact) mass is 452 g/mol. The molecule has 0 aliphatic heterocycles. The van der Waals surface area contributed by atoms with Crippen LogP contribution in [0, 0.1) is 3.57 Å². The molecule has 0 aliphatic carbocycles. The van der Waals surface area contributed by atoms with Crippen molar-refractivity contribution in [3.63, 3.8) is 0 Å². The first kappa shape index (κ1) is 17.0. The summed E-state index contributed by atoms with van der Waals surface area (Å²) in [4.78, 5) is 27.7. The molecule has 122 valence electrons. The van der Waals surface area contributed by atoms with Crippen LogP contribution in [0.15, 0.2) is 53.5 Å². The molecule has 0 fully saturated rings. The Morgan fingerprint density at radius 2 is 1.92 bits per heavy atom. The molecule has 3 aromatic rings. The normalized spacial score (nSPS) is 10.8. The second kappa shape index (κ2) is 7.36. The maximum absolute atomic E-state index is 12.5. The Balaban J connectivity index is 1.72. The molecule has 1 aromatic heterocycles. The highest BCUT2D eigenvalue weighted by Gasteiger charge is 2.10. The van der Waals surface area contributed by atoms with Gasteiger partial charge in [-0.3, -0.25) is 9.59 Å². The third-order valence-corrected chi connectivity index (χ3v) is 4.85. The Hall–Kier alpha value is -1.86. The fourth-order valence-electron chi connectivity index (χ4n) is 2.43. The van der Waals surface area contributed by atoms with Gasteiger partial charge in [0.1, 0.15) is 0 Å². The first-order chi connectivity index (χ1) is 11.5. The van der Waals surface area contributed by atoms with E-state index in [1.807, 2.05) is 24.3 Å². The number of carbonyl (C=O) groups is 1. The summed E-state index contributed by atoms with van der Waals surface area (Å²) in [5.41, 5.74) is 2.10. The summed E-state index contributed by atoms with van der Waals surface area (Å²) in [6.45, 7) is 0.402. The van der Waals surface area contributed by atoms with E-state index in [-0.39, 0.29) is 17.8 Å². The van der Waals surface area contributed by atoms with Gasteiger partial charge in [-0.1, -0.05) is 29.8 Å². The van der Waals surface area contributed by atoms with Crippen LogP contribution in [0.4, 0.5) is 0 Å². The van der Waals surface area contributed by atoms with Crippen molar-refractivity contribution in [1.29, 1.82) is 0 Å². The van der Waals surface area contributed by atoms with Gasteiger partial charge < -0.3 is 10.3 Å².